The average Bonchev–Trinajstić information content (AvgIpc) is 1.89. The second-order valence-corrected chi connectivity index (χ2v) is 27.7. The third-order valence-corrected chi connectivity index (χ3v) is 19.5. The molecule has 2 saturated carbocycles. The number of aryl methyl sites for hydroxylation is 2. The van der Waals surface area contributed by atoms with Crippen molar-refractivity contribution >= 4 is 42.3 Å². The number of benzene rings is 5. The Morgan fingerprint density at radius 3 is 1.60 bits per heavy atom. The Labute approximate surface area is 546 Å². The lowest BCUT2D eigenvalue weighted by molar-refractivity contribution is -0.127. The Kier molecular flexibility index (Phi) is 28.3. The summed E-state index contributed by atoms with van der Waals surface area (Å²) < 4.78 is 57.3. The first-order valence-electron chi connectivity index (χ1n) is 34.3. The smallest absolute Gasteiger partial charge is 0.261 e. The van der Waals surface area contributed by atoms with Crippen molar-refractivity contribution in [2.75, 3.05) is 0 Å². The molecule has 1 saturated heterocycles. The third-order valence-electron chi connectivity index (χ3n) is 18.2. The van der Waals surface area contributed by atoms with Gasteiger partial charge in [-0.1, -0.05) is 160 Å². The first kappa shape index (κ1) is 68.9. The van der Waals surface area contributed by atoms with E-state index in [0.29, 0.717) is 36.7 Å². The molecule has 1 N–H and O–H groups in total. The van der Waals surface area contributed by atoms with Gasteiger partial charge in [-0.25, -0.2) is 8.42 Å². The van der Waals surface area contributed by atoms with Crippen molar-refractivity contribution in [1.82, 2.24) is 0 Å². The lowest BCUT2D eigenvalue weighted by atomic mass is 9.85. The number of epoxide rings is 1. The van der Waals surface area contributed by atoms with Crippen LogP contribution in [0.5, 0.6) is 23.0 Å². The number of carbonyl (C=O) groups is 2. The van der Waals surface area contributed by atoms with E-state index in [1.807, 2.05) is 97.1 Å². The molecule has 0 radical (unpaired) electrons. The largest absolute Gasteiger partial charge is 0.489 e. The van der Waals surface area contributed by atoms with Crippen LogP contribution in [0.2, 0.25) is 0 Å². The lowest BCUT2D eigenvalue weighted by Crippen LogP contribution is -2.32. The van der Waals surface area contributed by atoms with E-state index < -0.39 is 9.05 Å². The number of allylic oxidation sites excluding steroid dienone is 6. The van der Waals surface area contributed by atoms with Crippen molar-refractivity contribution in [1.29, 1.82) is 0 Å². The maximum atomic E-state index is 11.8. The van der Waals surface area contributed by atoms with Gasteiger partial charge in [0.2, 0.25) is 0 Å². The lowest BCUT2D eigenvalue weighted by Gasteiger charge is -2.24. The molecule has 8 aliphatic rings. The number of para-hydroxylation sites is 4. The van der Waals surface area contributed by atoms with E-state index in [9.17, 15) is 23.1 Å². The zero-order valence-corrected chi connectivity index (χ0v) is 54.9. The van der Waals surface area contributed by atoms with Crippen LogP contribution in [0, 0.1) is 0 Å². The molecule has 13 heteroatoms. The van der Waals surface area contributed by atoms with Gasteiger partial charge in [-0.05, 0) is 177 Å². The van der Waals surface area contributed by atoms with Crippen molar-refractivity contribution in [2.24, 2.45) is 0 Å². The zero-order valence-electron chi connectivity index (χ0n) is 53.3. The molecule has 11 nitrogen and oxygen atoms in total. The number of hydrogen-bond donors (Lipinski definition) is 1. The number of carbonyl (C=O) groups excluding carboxylic acids is 2. The fourth-order valence-corrected chi connectivity index (χ4v) is 13.8. The summed E-state index contributed by atoms with van der Waals surface area (Å²) in [7, 11) is 1.70. The minimum Gasteiger partial charge on any atom is -0.489 e. The Morgan fingerprint density at radius 2 is 0.956 bits per heavy atom. The van der Waals surface area contributed by atoms with E-state index >= 15 is 0 Å². The van der Waals surface area contributed by atoms with Gasteiger partial charge in [0.1, 0.15) is 46.5 Å². The molecule has 6 aromatic rings. The van der Waals surface area contributed by atoms with E-state index in [2.05, 4.69) is 60.7 Å². The van der Waals surface area contributed by atoms with Gasteiger partial charge >= 0.3 is 0 Å². The fraction of sp³-hybridized carbons (Fsp3) is 0.487. The second-order valence-electron chi connectivity index (χ2n) is 25.1. The van der Waals surface area contributed by atoms with Crippen molar-refractivity contribution in [3.63, 3.8) is 0 Å². The van der Waals surface area contributed by atoms with Crippen LogP contribution in [0.25, 0.3) is 11.0 Å². The highest BCUT2D eigenvalue weighted by Gasteiger charge is 2.37. The first-order chi connectivity index (χ1) is 44.6. The Balaban J connectivity index is 0.000000130. The Hall–Kier alpha value is -6.44. The summed E-state index contributed by atoms with van der Waals surface area (Å²) in [6.45, 7) is 0. The van der Waals surface area contributed by atoms with Crippen molar-refractivity contribution in [3.05, 3.63) is 187 Å². The summed E-state index contributed by atoms with van der Waals surface area (Å²) in [6.07, 6.45) is 46.2. The molecular weight excluding hydrogens is 1180 g/mol. The number of ketones is 2. The average molecular weight is 1280 g/mol. The highest BCUT2D eigenvalue weighted by atomic mass is 35.7. The monoisotopic (exact) mass is 1280 g/mol. The van der Waals surface area contributed by atoms with Crippen LogP contribution in [-0.4, -0.2) is 67.8 Å². The molecule has 5 aromatic carbocycles. The molecule has 0 amide bonds. The predicted molar refractivity (Wildman–Crippen MR) is 364 cm³/mol. The number of fused-ring (bicyclic) bond motifs is 7. The van der Waals surface area contributed by atoms with Crippen LogP contribution in [0.1, 0.15) is 203 Å². The van der Waals surface area contributed by atoms with E-state index in [0.717, 1.165) is 112 Å². The number of furan rings is 1. The number of halogens is 1. The molecule has 1 aromatic heterocycles. The molecule has 3 heterocycles. The van der Waals surface area contributed by atoms with E-state index in [1.54, 1.807) is 12.1 Å². The molecule has 3 fully saturated rings. The number of Topliss-reactive ketones (excluding diaryl/α,β-unsaturated/α-hetero) is 2. The van der Waals surface area contributed by atoms with Gasteiger partial charge in [0, 0.05) is 58.4 Å². The number of aliphatic hydroxyl groups is 1. The van der Waals surface area contributed by atoms with Gasteiger partial charge in [-0.3, -0.25) is 9.59 Å². The topological polar surface area (TPSA) is 151 Å². The van der Waals surface area contributed by atoms with Gasteiger partial charge < -0.3 is 33.2 Å². The number of hydrogen-bond acceptors (Lipinski definition) is 11. The van der Waals surface area contributed by atoms with Crippen molar-refractivity contribution < 1.29 is 51.2 Å². The molecule has 14 rings (SSSR count). The van der Waals surface area contributed by atoms with Gasteiger partial charge in [-0.15, -0.1) is 0 Å². The first-order valence-corrected chi connectivity index (χ1v) is 36.6. The summed E-state index contributed by atoms with van der Waals surface area (Å²) in [5.41, 5.74) is 3.70. The molecule has 0 bridgehead atoms. The van der Waals surface area contributed by atoms with Gasteiger partial charge in [0.15, 0.2) is 23.8 Å². The highest BCUT2D eigenvalue weighted by molar-refractivity contribution is 8.13. The fourth-order valence-electron chi connectivity index (χ4n) is 13.1. The van der Waals surface area contributed by atoms with Crippen molar-refractivity contribution in [3.8, 4) is 23.0 Å². The maximum Gasteiger partial charge on any atom is 0.261 e. The Morgan fingerprint density at radius 1 is 0.451 bits per heavy atom. The van der Waals surface area contributed by atoms with Crippen LogP contribution in [0.4, 0.5) is 0 Å². The molecular formula is C78H97ClO11S. The number of aliphatic hydroxyl groups excluding tert-OH is 1. The normalized spacial score (nSPS) is 25.3. The summed E-state index contributed by atoms with van der Waals surface area (Å²) in [5.74, 6) is 5.29. The zero-order chi connectivity index (χ0) is 63.3. The van der Waals surface area contributed by atoms with E-state index in [-0.39, 0.29) is 47.0 Å². The molecule has 4 unspecified atom stereocenters. The maximum absolute atomic E-state index is 11.8. The minimum atomic E-state index is -3.68. The molecule has 91 heavy (non-hydrogen) atoms. The van der Waals surface area contributed by atoms with E-state index in [4.69, 9.17) is 38.8 Å². The van der Waals surface area contributed by atoms with Crippen LogP contribution >= 0.6 is 10.7 Å². The Bertz CT molecular complexity index is 3310. The van der Waals surface area contributed by atoms with Gasteiger partial charge in [0.05, 0.1) is 23.2 Å². The van der Waals surface area contributed by atoms with Crippen LogP contribution < -0.4 is 18.9 Å². The summed E-state index contributed by atoms with van der Waals surface area (Å²) >= 11 is 0. The predicted octanol–water partition coefficient (Wildman–Crippen LogP) is 19.2. The summed E-state index contributed by atoms with van der Waals surface area (Å²) in [4.78, 5) is 23.8. The van der Waals surface area contributed by atoms with Crippen LogP contribution in [0.15, 0.2) is 179 Å². The summed E-state index contributed by atoms with van der Waals surface area (Å²) in [5, 5.41) is 11.3. The van der Waals surface area contributed by atoms with Gasteiger partial charge in [-0.2, -0.15) is 0 Å². The van der Waals surface area contributed by atoms with Gasteiger partial charge in [0.25, 0.3) is 9.05 Å². The highest BCUT2D eigenvalue weighted by Crippen LogP contribution is 2.45. The van der Waals surface area contributed by atoms with Crippen molar-refractivity contribution in [2.45, 2.75) is 246 Å². The number of rotatable bonds is 7. The molecule has 8 atom stereocenters. The third kappa shape index (κ3) is 23.0. The van der Waals surface area contributed by atoms with Crippen LogP contribution in [0.3, 0.4) is 0 Å². The SMILES string of the molecule is C1=CCCC2OC2CC1.O=C1CC/C=C\CC[C@H]1Oc1ccccc1.O=C1CCCCCC[C@H]1Oc1ccccc1.O=S(=O)(Cl)c1ccc2c(c1)OC1CCCCCCC21.O[C@@H]1CC/C=C\CC[C@H]1Oc1ccccc1.c1ccc2c3c(oc2c1)CCCCCC3. The quantitative estimate of drug-likeness (QED) is 0.0924. The second kappa shape index (κ2) is 37.3. The molecule has 0 spiro atoms. The number of ether oxygens (including phenoxy) is 5. The molecule has 6 aliphatic carbocycles. The minimum absolute atomic E-state index is 0.0765. The molecule has 2 aliphatic heterocycles. The van der Waals surface area contributed by atoms with E-state index in [1.165, 1.54) is 113 Å². The van der Waals surface area contributed by atoms with Crippen LogP contribution in [-0.2, 0) is 36.2 Å². The standard InChI is InChI=1S/C14H17ClO3S.2C14H18O2.C14H16O2.C14H16O.C8H12O/c15-19(16,17)10-7-8-12-11-5-3-1-2-4-6-13(11)18-14(12)9-10;3*15-13-10-6-1-2-7-11-14(13)16-12-8-4-3-5-9-12;1-2-4-9-13-11(7-3-1)12-8-5-6-10-14(12)15-13;1-2-4-6-8-7(9-8)5-3-1/h7-9,11,13H,1-6H2;3-5,8-9,14H,1-2,6-7,10-11H2;1-5,8-9,13-15H,6-7,10-11H2;1-5,8-9,14H,6-7,10-11H2;5-6,8,10H,1-4,7,9H2;1-2,7-8H,3-6H2/b;;2*2-1-;;/t;14-;13-,14-;14-;;/m.111../s1. The summed E-state index contributed by atoms with van der Waals surface area (Å²) in [6, 6.07) is 42.4. The molecule has 488 valence electrons.